The van der Waals surface area contributed by atoms with Gasteiger partial charge in [0, 0.05) is 24.6 Å². The summed E-state index contributed by atoms with van der Waals surface area (Å²) in [5, 5.41) is 0. The van der Waals surface area contributed by atoms with Crippen molar-refractivity contribution in [2.24, 2.45) is 17.6 Å². The standard InChI is InChI=1S/C17H22N2O4/c1-11(2)16(21)19-8-6-12(7-9-19)17(22)23-14-5-3-4-13(10-14)15(18)20/h3-5,10-12H,6-9H2,1-2H3,(H2,18,20). The largest absolute Gasteiger partial charge is 0.426 e. The Morgan fingerprint density at radius 1 is 1.22 bits per heavy atom. The van der Waals surface area contributed by atoms with Gasteiger partial charge < -0.3 is 15.4 Å². The Hall–Kier alpha value is -2.37. The minimum atomic E-state index is -0.566. The Morgan fingerprint density at radius 2 is 1.87 bits per heavy atom. The van der Waals surface area contributed by atoms with E-state index in [0.29, 0.717) is 37.2 Å². The zero-order chi connectivity index (χ0) is 17.0. The first-order valence-electron chi connectivity index (χ1n) is 7.79. The Labute approximate surface area is 135 Å². The summed E-state index contributed by atoms with van der Waals surface area (Å²) in [6, 6.07) is 6.25. The lowest BCUT2D eigenvalue weighted by molar-refractivity contribution is -0.144. The van der Waals surface area contributed by atoms with Crippen molar-refractivity contribution >= 4 is 17.8 Å². The summed E-state index contributed by atoms with van der Waals surface area (Å²) in [6.07, 6.45) is 1.18. The molecule has 1 aliphatic heterocycles. The van der Waals surface area contributed by atoms with Gasteiger partial charge in [-0.05, 0) is 31.0 Å². The van der Waals surface area contributed by atoms with Crippen LogP contribution in [0.2, 0.25) is 0 Å². The molecule has 0 aromatic heterocycles. The third kappa shape index (κ3) is 4.31. The minimum absolute atomic E-state index is 0.0324. The van der Waals surface area contributed by atoms with Gasteiger partial charge in [-0.25, -0.2) is 0 Å². The number of carbonyl (C=O) groups excluding carboxylic acids is 3. The second-order valence-electron chi connectivity index (χ2n) is 6.07. The maximum atomic E-state index is 12.2. The van der Waals surface area contributed by atoms with E-state index in [0.717, 1.165) is 0 Å². The number of primary amides is 1. The first kappa shape index (κ1) is 17.0. The molecule has 0 atom stereocenters. The van der Waals surface area contributed by atoms with Crippen LogP contribution in [0.1, 0.15) is 37.0 Å². The molecule has 0 bridgehead atoms. The number of benzene rings is 1. The molecular formula is C17H22N2O4. The fourth-order valence-corrected chi connectivity index (χ4v) is 2.61. The number of esters is 1. The predicted molar refractivity (Wildman–Crippen MR) is 84.7 cm³/mol. The van der Waals surface area contributed by atoms with E-state index in [9.17, 15) is 14.4 Å². The molecule has 0 spiro atoms. The van der Waals surface area contributed by atoms with Crippen LogP contribution < -0.4 is 10.5 Å². The number of amides is 2. The molecule has 6 heteroatoms. The molecule has 1 fully saturated rings. The predicted octanol–water partition coefficient (Wildman–Crippen LogP) is 1.59. The average Bonchev–Trinajstić information content (AvgIpc) is 2.54. The third-order valence-electron chi connectivity index (χ3n) is 3.97. The summed E-state index contributed by atoms with van der Waals surface area (Å²) >= 11 is 0. The van der Waals surface area contributed by atoms with Crippen molar-refractivity contribution in [3.05, 3.63) is 29.8 Å². The number of piperidine rings is 1. The van der Waals surface area contributed by atoms with E-state index in [4.69, 9.17) is 10.5 Å². The Bertz CT molecular complexity index is 604. The van der Waals surface area contributed by atoms with Gasteiger partial charge in [0.15, 0.2) is 0 Å². The summed E-state index contributed by atoms with van der Waals surface area (Å²) in [7, 11) is 0. The van der Waals surface area contributed by atoms with Gasteiger partial charge in [0.05, 0.1) is 5.92 Å². The fourth-order valence-electron chi connectivity index (χ4n) is 2.61. The van der Waals surface area contributed by atoms with Gasteiger partial charge in [-0.1, -0.05) is 19.9 Å². The highest BCUT2D eigenvalue weighted by Crippen LogP contribution is 2.22. The van der Waals surface area contributed by atoms with Crippen LogP contribution in [-0.2, 0) is 9.59 Å². The SMILES string of the molecule is CC(C)C(=O)N1CCC(C(=O)Oc2cccc(C(N)=O)c2)CC1. The molecule has 1 saturated heterocycles. The number of rotatable bonds is 4. The second kappa shape index (κ2) is 7.26. The fraction of sp³-hybridized carbons (Fsp3) is 0.471. The molecule has 0 unspecified atom stereocenters. The topological polar surface area (TPSA) is 89.7 Å². The molecule has 23 heavy (non-hydrogen) atoms. The van der Waals surface area contributed by atoms with Crippen LogP contribution in [-0.4, -0.2) is 35.8 Å². The highest BCUT2D eigenvalue weighted by atomic mass is 16.5. The van der Waals surface area contributed by atoms with E-state index >= 15 is 0 Å². The summed E-state index contributed by atoms with van der Waals surface area (Å²) in [5.74, 6) is -0.733. The van der Waals surface area contributed by atoms with Crippen molar-refractivity contribution in [2.45, 2.75) is 26.7 Å². The van der Waals surface area contributed by atoms with Gasteiger partial charge in [-0.2, -0.15) is 0 Å². The smallest absolute Gasteiger partial charge is 0.314 e. The number of nitrogens with two attached hydrogens (primary N) is 1. The summed E-state index contributed by atoms with van der Waals surface area (Å²) < 4.78 is 5.34. The van der Waals surface area contributed by atoms with Crippen LogP contribution in [0.15, 0.2) is 24.3 Å². The van der Waals surface area contributed by atoms with Crippen LogP contribution in [0.3, 0.4) is 0 Å². The molecule has 2 rings (SSSR count). The molecule has 2 amide bonds. The van der Waals surface area contributed by atoms with E-state index in [1.807, 2.05) is 13.8 Å². The molecule has 0 saturated carbocycles. The molecule has 1 aliphatic rings. The molecule has 0 radical (unpaired) electrons. The van der Waals surface area contributed by atoms with Crippen LogP contribution >= 0.6 is 0 Å². The summed E-state index contributed by atoms with van der Waals surface area (Å²) in [4.78, 5) is 37.1. The Balaban J connectivity index is 1.92. The van der Waals surface area contributed by atoms with Crippen molar-refractivity contribution in [3.8, 4) is 5.75 Å². The van der Waals surface area contributed by atoms with Crippen molar-refractivity contribution in [1.82, 2.24) is 4.90 Å². The zero-order valence-electron chi connectivity index (χ0n) is 13.5. The number of nitrogens with zero attached hydrogens (tertiary/aromatic N) is 1. The van der Waals surface area contributed by atoms with Crippen molar-refractivity contribution in [3.63, 3.8) is 0 Å². The number of hydrogen-bond donors (Lipinski definition) is 1. The van der Waals surface area contributed by atoms with Crippen LogP contribution in [0.4, 0.5) is 0 Å². The van der Waals surface area contributed by atoms with E-state index in [-0.39, 0.29) is 23.7 Å². The molecule has 0 aliphatic carbocycles. The lowest BCUT2D eigenvalue weighted by atomic mass is 9.96. The van der Waals surface area contributed by atoms with Gasteiger partial charge in [0.25, 0.3) is 0 Å². The Morgan fingerprint density at radius 3 is 2.43 bits per heavy atom. The summed E-state index contributed by atoms with van der Waals surface area (Å²) in [5.41, 5.74) is 5.51. The van der Waals surface area contributed by atoms with E-state index in [1.165, 1.54) is 6.07 Å². The van der Waals surface area contributed by atoms with Crippen LogP contribution in [0.5, 0.6) is 5.75 Å². The minimum Gasteiger partial charge on any atom is -0.426 e. The third-order valence-corrected chi connectivity index (χ3v) is 3.97. The first-order valence-corrected chi connectivity index (χ1v) is 7.79. The van der Waals surface area contributed by atoms with Crippen LogP contribution in [0, 0.1) is 11.8 Å². The lowest BCUT2D eigenvalue weighted by Gasteiger charge is -2.32. The first-order chi connectivity index (χ1) is 10.9. The van der Waals surface area contributed by atoms with E-state index in [1.54, 1.807) is 23.1 Å². The van der Waals surface area contributed by atoms with Gasteiger partial charge in [-0.3, -0.25) is 14.4 Å². The van der Waals surface area contributed by atoms with E-state index < -0.39 is 5.91 Å². The van der Waals surface area contributed by atoms with Gasteiger partial charge in [0.2, 0.25) is 11.8 Å². The molecule has 1 aromatic rings. The second-order valence-corrected chi connectivity index (χ2v) is 6.07. The highest BCUT2D eigenvalue weighted by Gasteiger charge is 2.29. The normalized spacial score (nSPS) is 15.5. The zero-order valence-corrected chi connectivity index (χ0v) is 13.5. The summed E-state index contributed by atoms with van der Waals surface area (Å²) in [6.45, 7) is 4.87. The number of carbonyl (C=O) groups is 3. The molecule has 1 aromatic carbocycles. The highest BCUT2D eigenvalue weighted by molar-refractivity contribution is 5.93. The quantitative estimate of drug-likeness (QED) is 0.674. The molecule has 1 heterocycles. The molecule has 6 nitrogen and oxygen atoms in total. The van der Waals surface area contributed by atoms with Crippen LogP contribution in [0.25, 0.3) is 0 Å². The monoisotopic (exact) mass is 318 g/mol. The maximum absolute atomic E-state index is 12.2. The van der Waals surface area contributed by atoms with E-state index in [2.05, 4.69) is 0 Å². The van der Waals surface area contributed by atoms with Gasteiger partial charge in [-0.15, -0.1) is 0 Å². The Kier molecular flexibility index (Phi) is 5.36. The number of hydrogen-bond acceptors (Lipinski definition) is 4. The molecular weight excluding hydrogens is 296 g/mol. The molecule has 124 valence electrons. The van der Waals surface area contributed by atoms with Crippen molar-refractivity contribution in [1.29, 1.82) is 0 Å². The average molecular weight is 318 g/mol. The number of likely N-dealkylation sites (tertiary alicyclic amines) is 1. The van der Waals surface area contributed by atoms with Gasteiger partial charge in [0.1, 0.15) is 5.75 Å². The van der Waals surface area contributed by atoms with Crippen molar-refractivity contribution < 1.29 is 19.1 Å². The van der Waals surface area contributed by atoms with Crippen molar-refractivity contribution in [2.75, 3.05) is 13.1 Å². The maximum Gasteiger partial charge on any atom is 0.314 e. The number of ether oxygens (including phenoxy) is 1. The molecule has 2 N–H and O–H groups in total. The lowest BCUT2D eigenvalue weighted by Crippen LogP contribution is -2.42. The van der Waals surface area contributed by atoms with Gasteiger partial charge >= 0.3 is 5.97 Å².